The van der Waals surface area contributed by atoms with Crippen LogP contribution in [0.25, 0.3) is 11.2 Å². The second-order valence-corrected chi connectivity index (χ2v) is 9.74. The summed E-state index contributed by atoms with van der Waals surface area (Å²) in [6.07, 6.45) is 4.23. The van der Waals surface area contributed by atoms with Crippen molar-refractivity contribution in [1.82, 2.24) is 29.1 Å². The van der Waals surface area contributed by atoms with Crippen molar-refractivity contribution in [3.63, 3.8) is 0 Å². The van der Waals surface area contributed by atoms with Crippen LogP contribution in [0.1, 0.15) is 6.42 Å². The van der Waals surface area contributed by atoms with Crippen molar-refractivity contribution in [2.24, 2.45) is 7.05 Å². The van der Waals surface area contributed by atoms with Gasteiger partial charge in [-0.2, -0.15) is 4.98 Å². The average molecular weight is 513 g/mol. The molecule has 5 rings (SSSR count). The number of halogens is 1. The van der Waals surface area contributed by atoms with Gasteiger partial charge in [0.25, 0.3) is 5.56 Å². The van der Waals surface area contributed by atoms with Crippen LogP contribution in [0.15, 0.2) is 57.5 Å². The van der Waals surface area contributed by atoms with E-state index in [0.29, 0.717) is 28.7 Å². The van der Waals surface area contributed by atoms with E-state index >= 15 is 0 Å². The fraction of sp³-hybridized carbons (Fsp3) is 0.348. The monoisotopic (exact) mass is 512 g/mol. The molecule has 0 amide bonds. The molecule has 0 saturated carbocycles. The van der Waals surface area contributed by atoms with Gasteiger partial charge in [-0.25, -0.2) is 14.8 Å². The van der Waals surface area contributed by atoms with Crippen molar-refractivity contribution in [3.05, 3.63) is 68.6 Å². The topological polar surface area (TPSA) is 105 Å². The van der Waals surface area contributed by atoms with Crippen LogP contribution in [0.3, 0.4) is 0 Å². The van der Waals surface area contributed by atoms with Crippen molar-refractivity contribution in [3.8, 4) is 0 Å². The van der Waals surface area contributed by atoms with Crippen molar-refractivity contribution in [1.29, 1.82) is 0 Å². The van der Waals surface area contributed by atoms with Gasteiger partial charge in [-0.1, -0.05) is 29.4 Å². The van der Waals surface area contributed by atoms with Crippen LogP contribution in [0.5, 0.6) is 0 Å². The number of H-pyrrole nitrogens is 1. The van der Waals surface area contributed by atoms with E-state index in [1.165, 1.54) is 4.57 Å². The first-order valence-electron chi connectivity index (χ1n) is 11.4. The van der Waals surface area contributed by atoms with Crippen LogP contribution < -0.4 is 21.0 Å². The molecule has 1 aliphatic rings. The highest BCUT2D eigenvalue weighted by molar-refractivity contribution is 7.99. The summed E-state index contributed by atoms with van der Waals surface area (Å²) in [6, 6.07) is 9.63. The first-order valence-corrected chi connectivity index (χ1v) is 12.7. The second kappa shape index (κ2) is 10.1. The zero-order chi connectivity index (χ0) is 24.4. The van der Waals surface area contributed by atoms with Gasteiger partial charge in [0.15, 0.2) is 16.3 Å². The second-order valence-electron chi connectivity index (χ2n) is 8.24. The lowest BCUT2D eigenvalue weighted by atomic mass is 10.2. The Hall–Kier alpha value is -3.31. The molecule has 0 aliphatic carbocycles. The third-order valence-corrected chi connectivity index (χ3v) is 7.22. The SMILES string of the molecule is Cn1c(=O)[nH]c(=O)c2c1nc(N1CCN(c3cccc(Cl)c3)CC1)n2CCCSc1ncccn1. The maximum atomic E-state index is 12.8. The van der Waals surface area contributed by atoms with Crippen LogP contribution in [0.4, 0.5) is 11.6 Å². The van der Waals surface area contributed by atoms with Gasteiger partial charge in [-0.15, -0.1) is 0 Å². The van der Waals surface area contributed by atoms with Crippen LogP contribution in [-0.4, -0.2) is 61.0 Å². The molecule has 4 aromatic rings. The van der Waals surface area contributed by atoms with Crippen molar-refractivity contribution in [2.45, 2.75) is 18.1 Å². The minimum absolute atomic E-state index is 0.394. The predicted molar refractivity (Wildman–Crippen MR) is 139 cm³/mol. The highest BCUT2D eigenvalue weighted by Crippen LogP contribution is 2.25. The lowest BCUT2D eigenvalue weighted by Gasteiger charge is -2.36. The van der Waals surface area contributed by atoms with E-state index < -0.39 is 11.2 Å². The molecule has 3 aromatic heterocycles. The fourth-order valence-electron chi connectivity index (χ4n) is 4.26. The normalized spacial score (nSPS) is 14.1. The van der Waals surface area contributed by atoms with Crippen LogP contribution in [0.2, 0.25) is 5.02 Å². The Balaban J connectivity index is 1.39. The molecular formula is C23H25ClN8O2S. The summed E-state index contributed by atoms with van der Waals surface area (Å²) < 4.78 is 3.33. The van der Waals surface area contributed by atoms with E-state index in [0.717, 1.165) is 49.2 Å². The van der Waals surface area contributed by atoms with Gasteiger partial charge in [-0.3, -0.25) is 14.3 Å². The van der Waals surface area contributed by atoms with Gasteiger partial charge in [0.1, 0.15) is 0 Å². The number of aryl methyl sites for hydroxylation is 2. The number of nitrogens with one attached hydrogen (secondary N) is 1. The minimum atomic E-state index is -0.471. The smallest absolute Gasteiger partial charge is 0.329 e. The zero-order valence-electron chi connectivity index (χ0n) is 19.2. The quantitative estimate of drug-likeness (QED) is 0.228. The summed E-state index contributed by atoms with van der Waals surface area (Å²) in [7, 11) is 1.63. The molecule has 1 aromatic carbocycles. The number of nitrogens with zero attached hydrogens (tertiary/aromatic N) is 7. The van der Waals surface area contributed by atoms with Crippen molar-refractivity contribution in [2.75, 3.05) is 41.7 Å². The molecule has 10 nitrogen and oxygen atoms in total. The van der Waals surface area contributed by atoms with E-state index in [1.807, 2.05) is 22.8 Å². The maximum Gasteiger partial charge on any atom is 0.329 e. The standard InChI is InChI=1S/C23H25ClN8O2S/c1-29-19-18(20(33)28-23(29)34)32(9-4-14-35-21-25-7-3-8-26-21)22(27-19)31-12-10-30(11-13-31)17-6-2-5-16(24)15-17/h2-3,5-8,15H,4,9-14H2,1H3,(H,28,33,34). The number of fused-ring (bicyclic) bond motifs is 1. The highest BCUT2D eigenvalue weighted by atomic mass is 35.5. The first kappa shape index (κ1) is 23.4. The summed E-state index contributed by atoms with van der Waals surface area (Å²) in [4.78, 5) is 45.1. The van der Waals surface area contributed by atoms with Gasteiger partial charge >= 0.3 is 5.69 Å². The number of aromatic nitrogens is 6. The fourth-order valence-corrected chi connectivity index (χ4v) is 5.17. The Morgan fingerprint density at radius 3 is 2.54 bits per heavy atom. The van der Waals surface area contributed by atoms with Gasteiger partial charge in [0.2, 0.25) is 5.95 Å². The molecule has 0 radical (unpaired) electrons. The Morgan fingerprint density at radius 1 is 1.06 bits per heavy atom. The van der Waals surface area contributed by atoms with E-state index in [1.54, 1.807) is 37.3 Å². The van der Waals surface area contributed by atoms with E-state index in [-0.39, 0.29) is 0 Å². The number of hydrogen-bond donors (Lipinski definition) is 1. The Morgan fingerprint density at radius 2 is 1.80 bits per heavy atom. The molecule has 1 N–H and O–H groups in total. The number of benzene rings is 1. The van der Waals surface area contributed by atoms with E-state index in [2.05, 4.69) is 30.8 Å². The molecule has 12 heteroatoms. The Bertz CT molecular complexity index is 1440. The summed E-state index contributed by atoms with van der Waals surface area (Å²) in [6.45, 7) is 3.63. The number of thioether (sulfide) groups is 1. The molecule has 0 spiro atoms. The number of aromatic amines is 1. The van der Waals surface area contributed by atoms with Crippen molar-refractivity contribution < 1.29 is 0 Å². The molecule has 4 heterocycles. The first-order chi connectivity index (χ1) is 17.0. The third kappa shape index (κ3) is 4.92. The number of rotatable bonds is 7. The molecule has 0 bridgehead atoms. The molecule has 0 unspecified atom stereocenters. The van der Waals surface area contributed by atoms with Crippen LogP contribution in [-0.2, 0) is 13.6 Å². The van der Waals surface area contributed by atoms with Crippen LogP contribution >= 0.6 is 23.4 Å². The Kier molecular flexibility index (Phi) is 6.78. The summed E-state index contributed by atoms with van der Waals surface area (Å²) in [5, 5.41) is 1.44. The maximum absolute atomic E-state index is 12.8. The summed E-state index contributed by atoms with van der Waals surface area (Å²) in [5.74, 6) is 1.49. The number of hydrogen-bond acceptors (Lipinski definition) is 8. The number of anilines is 2. The largest absolute Gasteiger partial charge is 0.368 e. The Labute approximate surface area is 210 Å². The molecule has 35 heavy (non-hydrogen) atoms. The highest BCUT2D eigenvalue weighted by Gasteiger charge is 2.25. The predicted octanol–water partition coefficient (Wildman–Crippen LogP) is 2.38. The average Bonchev–Trinajstić information content (AvgIpc) is 3.26. The van der Waals surface area contributed by atoms with Gasteiger partial charge < -0.3 is 14.4 Å². The summed E-state index contributed by atoms with van der Waals surface area (Å²) in [5.41, 5.74) is 1.01. The lowest BCUT2D eigenvalue weighted by Crippen LogP contribution is -2.47. The minimum Gasteiger partial charge on any atom is -0.368 e. The van der Waals surface area contributed by atoms with Gasteiger partial charge in [0, 0.05) is 68.6 Å². The number of piperazine rings is 1. The number of imidazole rings is 1. The molecule has 1 fully saturated rings. The van der Waals surface area contributed by atoms with Crippen LogP contribution in [0, 0.1) is 0 Å². The van der Waals surface area contributed by atoms with Gasteiger partial charge in [-0.05, 0) is 30.7 Å². The molecule has 1 aliphatic heterocycles. The van der Waals surface area contributed by atoms with Crippen molar-refractivity contribution >= 4 is 46.2 Å². The lowest BCUT2D eigenvalue weighted by molar-refractivity contribution is 0.610. The molecule has 1 saturated heterocycles. The van der Waals surface area contributed by atoms with Gasteiger partial charge in [0.05, 0.1) is 0 Å². The van der Waals surface area contributed by atoms with E-state index in [4.69, 9.17) is 16.6 Å². The molecular weight excluding hydrogens is 488 g/mol. The summed E-state index contributed by atoms with van der Waals surface area (Å²) >= 11 is 7.75. The third-order valence-electron chi connectivity index (χ3n) is 6.02. The zero-order valence-corrected chi connectivity index (χ0v) is 20.8. The molecule has 0 atom stereocenters. The molecule has 182 valence electrons. The van der Waals surface area contributed by atoms with E-state index in [9.17, 15) is 9.59 Å².